The molecule has 1 aliphatic heterocycles. The molecular weight excluding hydrogens is 468 g/mol. The largest absolute Gasteiger partial charge is 0.454 e. The van der Waals surface area contributed by atoms with Gasteiger partial charge in [0.25, 0.3) is 5.91 Å². The highest BCUT2D eigenvalue weighted by molar-refractivity contribution is 5.99. The SMILES string of the molecule is CCN(CC(=O)Nc1nc(-c2ccc(C)cc2)cn1-c1ccc(C)cc1)C(=O)c1ccc2c(c1)OCO2. The van der Waals surface area contributed by atoms with E-state index in [0.29, 0.717) is 29.6 Å². The number of hydrogen-bond donors (Lipinski definition) is 1. The molecule has 1 N–H and O–H groups in total. The van der Waals surface area contributed by atoms with Gasteiger partial charge in [0.15, 0.2) is 11.5 Å². The van der Waals surface area contributed by atoms with Crippen LogP contribution in [0.3, 0.4) is 0 Å². The Bertz CT molecular complexity index is 1440. The van der Waals surface area contributed by atoms with Crippen molar-refractivity contribution in [2.24, 2.45) is 0 Å². The van der Waals surface area contributed by atoms with E-state index in [0.717, 1.165) is 28.1 Å². The van der Waals surface area contributed by atoms with Crippen LogP contribution in [0.15, 0.2) is 72.9 Å². The molecule has 0 unspecified atom stereocenters. The van der Waals surface area contributed by atoms with Crippen LogP contribution in [0.25, 0.3) is 16.9 Å². The standard InChI is InChI=1S/C29H28N4O4/c1-4-32(28(35)22-11-14-25-26(15-22)37-18-36-25)17-27(34)31-29-30-24(21-9-5-19(2)6-10-21)16-33(29)23-12-7-20(3)8-13-23/h5-16H,4,17-18H2,1-3H3,(H,30,31,34). The van der Waals surface area contributed by atoms with Crippen molar-refractivity contribution in [2.45, 2.75) is 20.8 Å². The normalized spacial score (nSPS) is 11.9. The first-order chi connectivity index (χ1) is 17.9. The van der Waals surface area contributed by atoms with Crippen LogP contribution in [-0.4, -0.2) is 46.1 Å². The predicted octanol–water partition coefficient (Wildman–Crippen LogP) is 4.99. The van der Waals surface area contributed by atoms with Crippen molar-refractivity contribution in [3.63, 3.8) is 0 Å². The Morgan fingerprint density at radius 1 is 0.946 bits per heavy atom. The Labute approximate surface area is 215 Å². The zero-order chi connectivity index (χ0) is 25.9. The summed E-state index contributed by atoms with van der Waals surface area (Å²) in [6, 6.07) is 21.1. The first-order valence-electron chi connectivity index (χ1n) is 12.1. The minimum absolute atomic E-state index is 0.121. The second-order valence-electron chi connectivity index (χ2n) is 8.96. The highest BCUT2D eigenvalue weighted by Gasteiger charge is 2.22. The molecule has 8 heteroatoms. The fourth-order valence-electron chi connectivity index (χ4n) is 4.11. The lowest BCUT2D eigenvalue weighted by molar-refractivity contribution is -0.116. The molecule has 8 nitrogen and oxygen atoms in total. The van der Waals surface area contributed by atoms with Gasteiger partial charge in [-0.3, -0.25) is 19.5 Å². The topological polar surface area (TPSA) is 85.7 Å². The number of hydrogen-bond acceptors (Lipinski definition) is 5. The quantitative estimate of drug-likeness (QED) is 0.390. The molecule has 0 atom stereocenters. The third-order valence-electron chi connectivity index (χ3n) is 6.24. The number of fused-ring (bicyclic) bond motifs is 1. The number of nitrogens with zero attached hydrogens (tertiary/aromatic N) is 3. The smallest absolute Gasteiger partial charge is 0.254 e. The number of rotatable bonds is 7. The van der Waals surface area contributed by atoms with Gasteiger partial charge in [-0.25, -0.2) is 4.98 Å². The molecule has 0 saturated carbocycles. The van der Waals surface area contributed by atoms with Crippen molar-refractivity contribution in [3.8, 4) is 28.4 Å². The number of aryl methyl sites for hydroxylation is 2. The average molecular weight is 497 g/mol. The summed E-state index contributed by atoms with van der Waals surface area (Å²) >= 11 is 0. The third kappa shape index (κ3) is 5.18. The van der Waals surface area contributed by atoms with Crippen LogP contribution in [0.2, 0.25) is 0 Å². The van der Waals surface area contributed by atoms with Crippen molar-refractivity contribution in [3.05, 3.63) is 89.6 Å². The minimum Gasteiger partial charge on any atom is -0.454 e. The summed E-state index contributed by atoms with van der Waals surface area (Å²) in [5.41, 5.74) is 5.27. The fraction of sp³-hybridized carbons (Fsp3) is 0.207. The van der Waals surface area contributed by atoms with Crippen LogP contribution < -0.4 is 14.8 Å². The Hall–Kier alpha value is -4.59. The molecule has 0 bridgehead atoms. The lowest BCUT2D eigenvalue weighted by atomic mass is 10.1. The lowest BCUT2D eigenvalue weighted by Gasteiger charge is -2.20. The fourth-order valence-corrected chi connectivity index (χ4v) is 4.11. The monoisotopic (exact) mass is 496 g/mol. The first-order valence-corrected chi connectivity index (χ1v) is 12.1. The van der Waals surface area contributed by atoms with Gasteiger partial charge in [0.1, 0.15) is 6.54 Å². The van der Waals surface area contributed by atoms with Crippen molar-refractivity contribution in [2.75, 3.05) is 25.2 Å². The van der Waals surface area contributed by atoms with Gasteiger partial charge in [0.05, 0.1) is 5.69 Å². The summed E-state index contributed by atoms with van der Waals surface area (Å²) in [5.74, 6) is 0.902. The van der Waals surface area contributed by atoms with E-state index < -0.39 is 0 Å². The number of nitrogens with one attached hydrogen (secondary N) is 1. The molecule has 1 aliphatic rings. The van der Waals surface area contributed by atoms with E-state index in [1.807, 2.05) is 80.1 Å². The van der Waals surface area contributed by atoms with E-state index in [9.17, 15) is 9.59 Å². The van der Waals surface area contributed by atoms with Crippen LogP contribution in [0, 0.1) is 13.8 Å². The molecule has 2 heterocycles. The number of likely N-dealkylation sites (N-methyl/N-ethyl adjacent to an activating group) is 1. The van der Waals surface area contributed by atoms with Crippen LogP contribution >= 0.6 is 0 Å². The molecule has 0 saturated heterocycles. The van der Waals surface area contributed by atoms with E-state index >= 15 is 0 Å². The Morgan fingerprint density at radius 2 is 1.62 bits per heavy atom. The Balaban J connectivity index is 1.38. The maximum absolute atomic E-state index is 13.1. The Morgan fingerprint density at radius 3 is 2.32 bits per heavy atom. The van der Waals surface area contributed by atoms with Crippen molar-refractivity contribution < 1.29 is 19.1 Å². The number of amides is 2. The number of anilines is 1. The highest BCUT2D eigenvalue weighted by Crippen LogP contribution is 2.33. The van der Waals surface area contributed by atoms with E-state index in [1.165, 1.54) is 4.90 Å². The van der Waals surface area contributed by atoms with E-state index in [2.05, 4.69) is 5.32 Å². The van der Waals surface area contributed by atoms with Crippen LogP contribution in [0.4, 0.5) is 5.95 Å². The van der Waals surface area contributed by atoms with Crippen molar-refractivity contribution in [1.82, 2.24) is 14.5 Å². The minimum atomic E-state index is -0.342. The number of benzene rings is 3. The number of carbonyl (C=O) groups is 2. The molecule has 3 aromatic carbocycles. The van der Waals surface area contributed by atoms with Gasteiger partial charge in [-0.2, -0.15) is 0 Å². The number of carbonyl (C=O) groups excluding carboxylic acids is 2. The van der Waals surface area contributed by atoms with Gasteiger partial charge >= 0.3 is 0 Å². The van der Waals surface area contributed by atoms with Gasteiger partial charge in [0, 0.05) is 29.6 Å². The molecule has 2 amide bonds. The summed E-state index contributed by atoms with van der Waals surface area (Å²) in [7, 11) is 0. The molecule has 188 valence electrons. The molecule has 0 aliphatic carbocycles. The van der Waals surface area contributed by atoms with Gasteiger partial charge in [-0.15, -0.1) is 0 Å². The molecule has 5 rings (SSSR count). The predicted molar refractivity (Wildman–Crippen MR) is 141 cm³/mol. The lowest BCUT2D eigenvalue weighted by Crippen LogP contribution is -2.38. The molecule has 4 aromatic rings. The zero-order valence-electron chi connectivity index (χ0n) is 21.0. The number of aromatic nitrogens is 2. The third-order valence-corrected chi connectivity index (χ3v) is 6.24. The van der Waals surface area contributed by atoms with Gasteiger partial charge in [0.2, 0.25) is 18.6 Å². The molecular formula is C29H28N4O4. The van der Waals surface area contributed by atoms with Crippen LogP contribution in [0.1, 0.15) is 28.4 Å². The summed E-state index contributed by atoms with van der Waals surface area (Å²) in [4.78, 5) is 32.5. The highest BCUT2D eigenvalue weighted by atomic mass is 16.7. The molecule has 37 heavy (non-hydrogen) atoms. The number of imidazole rings is 1. The molecule has 0 radical (unpaired) electrons. The van der Waals surface area contributed by atoms with Gasteiger partial charge < -0.3 is 14.4 Å². The van der Waals surface area contributed by atoms with Gasteiger partial charge in [-0.1, -0.05) is 47.5 Å². The Kier molecular flexibility index (Phi) is 6.64. The summed E-state index contributed by atoms with van der Waals surface area (Å²) in [6.07, 6.45) is 1.90. The van der Waals surface area contributed by atoms with Crippen LogP contribution in [0.5, 0.6) is 11.5 Å². The molecule has 0 spiro atoms. The first kappa shape index (κ1) is 24.1. The second-order valence-corrected chi connectivity index (χ2v) is 8.96. The number of ether oxygens (including phenoxy) is 2. The summed E-state index contributed by atoms with van der Waals surface area (Å²) < 4.78 is 12.6. The van der Waals surface area contributed by atoms with E-state index in [-0.39, 0.29) is 25.2 Å². The second kappa shape index (κ2) is 10.2. The van der Waals surface area contributed by atoms with E-state index in [4.69, 9.17) is 14.5 Å². The average Bonchev–Trinajstić information content (AvgIpc) is 3.54. The van der Waals surface area contributed by atoms with Crippen molar-refractivity contribution in [1.29, 1.82) is 0 Å². The van der Waals surface area contributed by atoms with Crippen LogP contribution in [-0.2, 0) is 4.79 Å². The molecule has 0 fully saturated rings. The van der Waals surface area contributed by atoms with E-state index in [1.54, 1.807) is 18.2 Å². The molecule has 1 aromatic heterocycles. The van der Waals surface area contributed by atoms with Crippen molar-refractivity contribution >= 4 is 17.8 Å². The maximum Gasteiger partial charge on any atom is 0.254 e. The summed E-state index contributed by atoms with van der Waals surface area (Å²) in [5, 5.41) is 2.91. The maximum atomic E-state index is 13.1. The summed E-state index contributed by atoms with van der Waals surface area (Å²) in [6.45, 7) is 6.26. The zero-order valence-corrected chi connectivity index (χ0v) is 21.0. The van der Waals surface area contributed by atoms with Gasteiger partial charge in [-0.05, 0) is 51.1 Å².